The molecule has 106 valence electrons. The van der Waals surface area contributed by atoms with Gasteiger partial charge in [0.2, 0.25) is 5.91 Å². The average Bonchev–Trinajstić information content (AvgIpc) is 3.05. The molecule has 0 bridgehead atoms. The lowest BCUT2D eigenvalue weighted by Crippen LogP contribution is -2.07. The Bertz CT molecular complexity index is 814. The van der Waals surface area contributed by atoms with Crippen LogP contribution in [0, 0.1) is 0 Å². The maximum absolute atomic E-state index is 11.2. The lowest BCUT2D eigenvalue weighted by atomic mass is 10.3. The topological polar surface area (TPSA) is 64.7 Å². The zero-order valence-corrected chi connectivity index (χ0v) is 11.7. The molecule has 0 aliphatic carbocycles. The van der Waals surface area contributed by atoms with Crippen LogP contribution < -0.4 is 5.32 Å². The minimum absolute atomic E-state index is 0.253. The molecule has 3 rings (SSSR count). The number of rotatable bonds is 4. The second-order valence-electron chi connectivity index (χ2n) is 4.70. The summed E-state index contributed by atoms with van der Waals surface area (Å²) in [4.78, 5) is 15.8. The molecule has 1 amide bonds. The van der Waals surface area contributed by atoms with Crippen LogP contribution in [0.25, 0.3) is 11.0 Å². The smallest absolute Gasteiger partial charge is 0.247 e. The molecule has 0 saturated heterocycles. The molecular formula is C15H15N5O. The molecule has 0 aliphatic rings. The molecule has 0 fully saturated rings. The van der Waals surface area contributed by atoms with Crippen molar-refractivity contribution in [3.8, 4) is 0 Å². The van der Waals surface area contributed by atoms with Gasteiger partial charge in [0.05, 0.1) is 29.5 Å². The van der Waals surface area contributed by atoms with Crippen LogP contribution in [0.1, 0.15) is 5.82 Å². The normalized spacial score (nSPS) is 10.7. The number of imidazole rings is 1. The van der Waals surface area contributed by atoms with Gasteiger partial charge in [-0.15, -0.1) is 0 Å². The molecule has 2 aromatic heterocycles. The molecule has 0 saturated carbocycles. The molecule has 6 heteroatoms. The largest absolute Gasteiger partial charge is 0.330 e. The number of hydrogen-bond donors (Lipinski definition) is 1. The van der Waals surface area contributed by atoms with Crippen molar-refractivity contribution >= 4 is 22.6 Å². The summed E-state index contributed by atoms with van der Waals surface area (Å²) in [5.74, 6) is 0.651. The number of para-hydroxylation sites is 2. The first kappa shape index (κ1) is 13.1. The number of aromatic nitrogens is 4. The molecule has 0 radical (unpaired) electrons. The highest BCUT2D eigenvalue weighted by Gasteiger charge is 2.08. The van der Waals surface area contributed by atoms with Gasteiger partial charge in [-0.2, -0.15) is 5.10 Å². The maximum Gasteiger partial charge on any atom is 0.247 e. The van der Waals surface area contributed by atoms with Gasteiger partial charge in [0.1, 0.15) is 5.82 Å². The van der Waals surface area contributed by atoms with Crippen molar-refractivity contribution in [3.63, 3.8) is 0 Å². The van der Waals surface area contributed by atoms with Crippen molar-refractivity contribution in [1.82, 2.24) is 19.3 Å². The van der Waals surface area contributed by atoms with Crippen molar-refractivity contribution in [3.05, 3.63) is 55.1 Å². The van der Waals surface area contributed by atoms with E-state index < -0.39 is 0 Å². The Hall–Kier alpha value is -2.89. The van der Waals surface area contributed by atoms with E-state index in [4.69, 9.17) is 0 Å². The molecule has 0 aliphatic heterocycles. The second kappa shape index (κ2) is 5.24. The van der Waals surface area contributed by atoms with E-state index in [2.05, 4.69) is 22.0 Å². The number of nitrogens with zero attached hydrogens (tertiary/aromatic N) is 4. The third kappa shape index (κ3) is 2.55. The fourth-order valence-corrected chi connectivity index (χ4v) is 2.19. The number of hydrogen-bond acceptors (Lipinski definition) is 3. The summed E-state index contributed by atoms with van der Waals surface area (Å²) >= 11 is 0. The van der Waals surface area contributed by atoms with Gasteiger partial charge in [0.15, 0.2) is 0 Å². The molecule has 2 heterocycles. The monoisotopic (exact) mass is 281 g/mol. The standard InChI is InChI=1S/C15H15N5O/c1-3-15(21)17-11-8-16-20(9-11)10-14-18-12-6-4-5-7-13(12)19(14)2/h3-9H,1,10H2,2H3,(H,17,21). The Labute approximate surface area is 121 Å². The van der Waals surface area contributed by atoms with E-state index in [1.807, 2.05) is 35.9 Å². The van der Waals surface area contributed by atoms with E-state index in [9.17, 15) is 4.79 Å². The molecule has 6 nitrogen and oxygen atoms in total. The van der Waals surface area contributed by atoms with Gasteiger partial charge in [0.25, 0.3) is 0 Å². The number of benzene rings is 1. The highest BCUT2D eigenvalue weighted by Crippen LogP contribution is 2.15. The maximum atomic E-state index is 11.2. The molecule has 0 spiro atoms. The van der Waals surface area contributed by atoms with Crippen molar-refractivity contribution in [2.75, 3.05) is 5.32 Å². The summed E-state index contributed by atoms with van der Waals surface area (Å²) in [6.45, 7) is 3.95. The van der Waals surface area contributed by atoms with Crippen LogP contribution >= 0.6 is 0 Å². The predicted octanol–water partition coefficient (Wildman–Crippen LogP) is 1.94. The lowest BCUT2D eigenvalue weighted by Gasteiger charge is -2.02. The number of carbonyl (C=O) groups excluding carboxylic acids is 1. The Balaban J connectivity index is 1.83. The van der Waals surface area contributed by atoms with Gasteiger partial charge < -0.3 is 9.88 Å². The van der Waals surface area contributed by atoms with Gasteiger partial charge in [-0.25, -0.2) is 4.98 Å². The van der Waals surface area contributed by atoms with Crippen molar-refractivity contribution in [2.24, 2.45) is 7.05 Å². The van der Waals surface area contributed by atoms with Gasteiger partial charge in [0, 0.05) is 13.2 Å². The number of carbonyl (C=O) groups is 1. The Morgan fingerprint density at radius 3 is 3.00 bits per heavy atom. The summed E-state index contributed by atoms with van der Waals surface area (Å²) in [6.07, 6.45) is 4.59. The first-order valence-electron chi connectivity index (χ1n) is 6.53. The van der Waals surface area contributed by atoms with Crippen LogP contribution in [0.2, 0.25) is 0 Å². The van der Waals surface area contributed by atoms with E-state index >= 15 is 0 Å². The van der Waals surface area contributed by atoms with Crippen molar-refractivity contribution in [2.45, 2.75) is 6.54 Å². The highest BCUT2D eigenvalue weighted by molar-refractivity contribution is 5.98. The molecule has 0 unspecified atom stereocenters. The number of amides is 1. The number of nitrogens with one attached hydrogen (secondary N) is 1. The van der Waals surface area contributed by atoms with Crippen LogP contribution in [0.4, 0.5) is 5.69 Å². The molecule has 3 aromatic rings. The SMILES string of the molecule is C=CC(=O)Nc1cnn(Cc2nc3ccccc3n2C)c1. The van der Waals surface area contributed by atoms with Crippen LogP contribution in [0.5, 0.6) is 0 Å². The molecule has 21 heavy (non-hydrogen) atoms. The summed E-state index contributed by atoms with van der Waals surface area (Å²) in [6, 6.07) is 7.98. The zero-order valence-electron chi connectivity index (χ0n) is 11.7. The third-order valence-corrected chi connectivity index (χ3v) is 3.27. The Morgan fingerprint density at radius 2 is 2.24 bits per heavy atom. The Morgan fingerprint density at radius 1 is 1.43 bits per heavy atom. The number of fused-ring (bicyclic) bond motifs is 1. The van der Waals surface area contributed by atoms with Gasteiger partial charge in [-0.1, -0.05) is 18.7 Å². The highest BCUT2D eigenvalue weighted by atomic mass is 16.1. The summed E-state index contributed by atoms with van der Waals surface area (Å²) in [5.41, 5.74) is 2.68. The molecule has 1 aromatic carbocycles. The van der Waals surface area contributed by atoms with Gasteiger partial charge in [-0.05, 0) is 18.2 Å². The number of aryl methyl sites for hydroxylation is 1. The van der Waals surface area contributed by atoms with E-state index in [-0.39, 0.29) is 5.91 Å². The van der Waals surface area contributed by atoms with E-state index in [0.29, 0.717) is 12.2 Å². The van der Waals surface area contributed by atoms with E-state index in [1.165, 1.54) is 6.08 Å². The second-order valence-corrected chi connectivity index (χ2v) is 4.70. The van der Waals surface area contributed by atoms with E-state index in [0.717, 1.165) is 16.9 Å². The third-order valence-electron chi connectivity index (χ3n) is 3.27. The first-order valence-corrected chi connectivity index (χ1v) is 6.53. The predicted molar refractivity (Wildman–Crippen MR) is 80.9 cm³/mol. The fourth-order valence-electron chi connectivity index (χ4n) is 2.19. The number of anilines is 1. The molecule has 1 N–H and O–H groups in total. The van der Waals surface area contributed by atoms with Crippen LogP contribution in [-0.2, 0) is 18.4 Å². The zero-order chi connectivity index (χ0) is 14.8. The van der Waals surface area contributed by atoms with Gasteiger partial charge >= 0.3 is 0 Å². The van der Waals surface area contributed by atoms with Crippen molar-refractivity contribution < 1.29 is 4.79 Å². The quantitative estimate of drug-likeness (QED) is 0.743. The lowest BCUT2D eigenvalue weighted by molar-refractivity contribution is -0.111. The fraction of sp³-hybridized carbons (Fsp3) is 0.133. The van der Waals surface area contributed by atoms with Crippen LogP contribution in [-0.4, -0.2) is 25.2 Å². The molecule has 0 atom stereocenters. The molecular weight excluding hydrogens is 266 g/mol. The van der Waals surface area contributed by atoms with Gasteiger partial charge in [-0.3, -0.25) is 9.48 Å². The first-order chi connectivity index (χ1) is 10.2. The summed E-state index contributed by atoms with van der Waals surface area (Å²) in [7, 11) is 1.98. The van der Waals surface area contributed by atoms with Crippen molar-refractivity contribution in [1.29, 1.82) is 0 Å². The summed E-state index contributed by atoms with van der Waals surface area (Å²) < 4.78 is 3.78. The van der Waals surface area contributed by atoms with E-state index in [1.54, 1.807) is 17.1 Å². The minimum Gasteiger partial charge on any atom is -0.330 e. The summed E-state index contributed by atoms with van der Waals surface area (Å²) in [5, 5.41) is 6.90. The van der Waals surface area contributed by atoms with Crippen LogP contribution in [0.15, 0.2) is 49.3 Å². The minimum atomic E-state index is -0.253. The Kier molecular flexibility index (Phi) is 3.27. The van der Waals surface area contributed by atoms with Crippen LogP contribution in [0.3, 0.4) is 0 Å². The average molecular weight is 281 g/mol.